The fourth-order valence-electron chi connectivity index (χ4n) is 1.05. The molecule has 2 N–H and O–H groups in total. The van der Waals surface area contributed by atoms with Crippen LogP contribution in [0.25, 0.3) is 0 Å². The third-order valence-electron chi connectivity index (χ3n) is 1.79. The number of hydrogen-bond acceptors (Lipinski definition) is 2. The molecule has 0 saturated carbocycles. The van der Waals surface area contributed by atoms with Crippen molar-refractivity contribution in [3.63, 3.8) is 0 Å². The molecule has 0 bridgehead atoms. The molecule has 0 spiro atoms. The summed E-state index contributed by atoms with van der Waals surface area (Å²) >= 11 is 0. The SMILES string of the molecule is C[C@H](N)c1cccc(OCC(F)(F)F)c1.Cl. The van der Waals surface area contributed by atoms with E-state index in [1.54, 1.807) is 19.1 Å². The Morgan fingerprint density at radius 3 is 2.50 bits per heavy atom. The topological polar surface area (TPSA) is 35.2 Å². The van der Waals surface area contributed by atoms with E-state index in [2.05, 4.69) is 4.74 Å². The largest absolute Gasteiger partial charge is 0.484 e. The van der Waals surface area contributed by atoms with Gasteiger partial charge in [-0.15, -0.1) is 12.4 Å². The predicted octanol–water partition coefficient (Wildman–Crippen LogP) is 3.07. The van der Waals surface area contributed by atoms with E-state index >= 15 is 0 Å². The first-order chi connectivity index (χ1) is 6.88. The van der Waals surface area contributed by atoms with Gasteiger partial charge in [0.15, 0.2) is 6.61 Å². The van der Waals surface area contributed by atoms with Crippen LogP contribution in [0, 0.1) is 0 Å². The van der Waals surface area contributed by atoms with Crippen LogP contribution >= 0.6 is 12.4 Å². The highest BCUT2D eigenvalue weighted by Crippen LogP contribution is 2.21. The fourth-order valence-corrected chi connectivity index (χ4v) is 1.05. The minimum absolute atomic E-state index is 0. The first kappa shape index (κ1) is 15.1. The van der Waals surface area contributed by atoms with Crippen molar-refractivity contribution in [2.45, 2.75) is 19.1 Å². The average Bonchev–Trinajstić information content (AvgIpc) is 2.14. The van der Waals surface area contributed by atoms with Gasteiger partial charge in [0, 0.05) is 6.04 Å². The third-order valence-corrected chi connectivity index (χ3v) is 1.79. The Bertz CT molecular complexity index is 328. The molecule has 0 amide bonds. The smallest absolute Gasteiger partial charge is 0.422 e. The Labute approximate surface area is 98.0 Å². The van der Waals surface area contributed by atoms with E-state index in [1.807, 2.05) is 0 Å². The van der Waals surface area contributed by atoms with Crippen LogP contribution in [-0.2, 0) is 0 Å². The second-order valence-corrected chi connectivity index (χ2v) is 3.27. The molecule has 0 aliphatic heterocycles. The number of nitrogens with two attached hydrogens (primary N) is 1. The Kier molecular flexibility index (Phi) is 5.61. The molecule has 0 saturated heterocycles. The minimum Gasteiger partial charge on any atom is -0.484 e. The van der Waals surface area contributed by atoms with Gasteiger partial charge in [-0.1, -0.05) is 12.1 Å². The van der Waals surface area contributed by atoms with E-state index in [-0.39, 0.29) is 24.2 Å². The standard InChI is InChI=1S/C10H12F3NO.ClH/c1-7(14)8-3-2-4-9(5-8)15-6-10(11,12)13;/h2-5,7H,6,14H2,1H3;1H/t7-;/m0./s1. The number of benzene rings is 1. The Morgan fingerprint density at radius 2 is 2.00 bits per heavy atom. The lowest BCUT2D eigenvalue weighted by atomic mass is 10.1. The number of rotatable bonds is 3. The average molecular weight is 256 g/mol. The van der Waals surface area contributed by atoms with Crippen molar-refractivity contribution in [3.8, 4) is 5.75 Å². The summed E-state index contributed by atoms with van der Waals surface area (Å²) < 4.78 is 40.1. The molecule has 1 aromatic carbocycles. The molecule has 0 unspecified atom stereocenters. The molecule has 92 valence electrons. The van der Waals surface area contributed by atoms with Gasteiger partial charge in [-0.3, -0.25) is 0 Å². The van der Waals surface area contributed by atoms with Crippen molar-refractivity contribution in [3.05, 3.63) is 29.8 Å². The summed E-state index contributed by atoms with van der Waals surface area (Å²) in [5, 5.41) is 0. The lowest BCUT2D eigenvalue weighted by Crippen LogP contribution is -2.19. The lowest BCUT2D eigenvalue weighted by molar-refractivity contribution is -0.153. The van der Waals surface area contributed by atoms with Gasteiger partial charge in [-0.25, -0.2) is 0 Å². The molecule has 0 aliphatic rings. The number of ether oxygens (including phenoxy) is 1. The van der Waals surface area contributed by atoms with E-state index in [0.717, 1.165) is 5.56 Å². The zero-order valence-electron chi connectivity index (χ0n) is 8.62. The first-order valence-corrected chi connectivity index (χ1v) is 4.43. The molecule has 6 heteroatoms. The van der Waals surface area contributed by atoms with Gasteiger partial charge < -0.3 is 10.5 Å². The monoisotopic (exact) mass is 255 g/mol. The predicted molar refractivity (Wildman–Crippen MR) is 57.8 cm³/mol. The third kappa shape index (κ3) is 5.23. The van der Waals surface area contributed by atoms with E-state index in [4.69, 9.17) is 5.73 Å². The van der Waals surface area contributed by atoms with Gasteiger partial charge in [-0.05, 0) is 24.6 Å². The van der Waals surface area contributed by atoms with Crippen LogP contribution in [0.1, 0.15) is 18.5 Å². The Balaban J connectivity index is 0.00000225. The van der Waals surface area contributed by atoms with E-state index < -0.39 is 12.8 Å². The highest BCUT2D eigenvalue weighted by molar-refractivity contribution is 5.85. The van der Waals surface area contributed by atoms with E-state index in [1.165, 1.54) is 12.1 Å². The molecule has 0 heterocycles. The molecule has 0 fully saturated rings. The number of alkyl halides is 3. The van der Waals surface area contributed by atoms with Crippen molar-refractivity contribution < 1.29 is 17.9 Å². The van der Waals surface area contributed by atoms with Crippen molar-refractivity contribution in [1.82, 2.24) is 0 Å². The molecule has 0 aliphatic carbocycles. The molecule has 0 radical (unpaired) electrons. The van der Waals surface area contributed by atoms with Gasteiger partial charge >= 0.3 is 6.18 Å². The summed E-state index contributed by atoms with van der Waals surface area (Å²) in [5.74, 6) is 0.183. The minimum atomic E-state index is -4.32. The van der Waals surface area contributed by atoms with Crippen LogP contribution < -0.4 is 10.5 Å². The summed E-state index contributed by atoms with van der Waals surface area (Å²) in [7, 11) is 0. The quantitative estimate of drug-likeness (QED) is 0.901. The zero-order valence-corrected chi connectivity index (χ0v) is 9.44. The second kappa shape index (κ2) is 5.96. The molecule has 2 nitrogen and oxygen atoms in total. The van der Waals surface area contributed by atoms with E-state index in [0.29, 0.717) is 0 Å². The highest BCUT2D eigenvalue weighted by Gasteiger charge is 2.28. The molecule has 16 heavy (non-hydrogen) atoms. The molecular weight excluding hydrogens is 243 g/mol. The van der Waals surface area contributed by atoms with Crippen LogP contribution in [-0.4, -0.2) is 12.8 Å². The van der Waals surface area contributed by atoms with Crippen LogP contribution in [0.5, 0.6) is 5.75 Å². The molecule has 1 aromatic rings. The fraction of sp³-hybridized carbons (Fsp3) is 0.400. The molecule has 1 atom stereocenters. The number of hydrogen-bond donors (Lipinski definition) is 1. The molecule has 1 rings (SSSR count). The first-order valence-electron chi connectivity index (χ1n) is 4.43. The van der Waals surface area contributed by atoms with Gasteiger partial charge in [0.1, 0.15) is 5.75 Å². The van der Waals surface area contributed by atoms with Gasteiger partial charge in [0.05, 0.1) is 0 Å². The second-order valence-electron chi connectivity index (χ2n) is 3.27. The van der Waals surface area contributed by atoms with Crippen molar-refractivity contribution in [1.29, 1.82) is 0 Å². The molecule has 0 aromatic heterocycles. The van der Waals surface area contributed by atoms with Crippen molar-refractivity contribution >= 4 is 12.4 Å². The van der Waals surface area contributed by atoms with Gasteiger partial charge in [-0.2, -0.15) is 13.2 Å². The summed E-state index contributed by atoms with van der Waals surface area (Å²) in [5.41, 5.74) is 6.33. The van der Waals surface area contributed by atoms with Crippen LogP contribution in [0.2, 0.25) is 0 Å². The van der Waals surface area contributed by atoms with Gasteiger partial charge in [0.2, 0.25) is 0 Å². The van der Waals surface area contributed by atoms with Crippen molar-refractivity contribution in [2.75, 3.05) is 6.61 Å². The molecular formula is C10H13ClF3NO. The zero-order chi connectivity index (χ0) is 11.5. The Morgan fingerprint density at radius 1 is 1.38 bits per heavy atom. The maximum Gasteiger partial charge on any atom is 0.422 e. The van der Waals surface area contributed by atoms with Crippen molar-refractivity contribution in [2.24, 2.45) is 5.73 Å². The maximum atomic E-state index is 11.9. The normalized spacial score (nSPS) is 12.8. The Hall–Kier alpha value is -0.940. The van der Waals surface area contributed by atoms with Gasteiger partial charge in [0.25, 0.3) is 0 Å². The van der Waals surface area contributed by atoms with Crippen LogP contribution in [0.4, 0.5) is 13.2 Å². The summed E-state index contributed by atoms with van der Waals surface area (Å²) in [6, 6.07) is 6.11. The summed E-state index contributed by atoms with van der Waals surface area (Å²) in [4.78, 5) is 0. The summed E-state index contributed by atoms with van der Waals surface area (Å²) in [6.45, 7) is 0.471. The summed E-state index contributed by atoms with van der Waals surface area (Å²) in [6.07, 6.45) is -4.32. The number of halogens is 4. The van der Waals surface area contributed by atoms with E-state index in [9.17, 15) is 13.2 Å². The highest BCUT2D eigenvalue weighted by atomic mass is 35.5. The van der Waals surface area contributed by atoms with Crippen LogP contribution in [0.3, 0.4) is 0 Å². The lowest BCUT2D eigenvalue weighted by Gasteiger charge is -2.11. The maximum absolute atomic E-state index is 11.9. The van der Waals surface area contributed by atoms with Crippen LogP contribution in [0.15, 0.2) is 24.3 Å².